The van der Waals surface area contributed by atoms with Crippen LogP contribution in [-0.2, 0) is 0 Å². The van der Waals surface area contributed by atoms with Gasteiger partial charge in [0.2, 0.25) is 0 Å². The summed E-state index contributed by atoms with van der Waals surface area (Å²) < 4.78 is 0. The number of thiazole rings is 1. The first-order valence-corrected chi connectivity index (χ1v) is 7.88. The number of nitrogens with zero attached hydrogens (tertiary/aromatic N) is 1. The van der Waals surface area contributed by atoms with E-state index < -0.39 is 0 Å². The van der Waals surface area contributed by atoms with Gasteiger partial charge in [-0.2, -0.15) is 0 Å². The fourth-order valence-electron chi connectivity index (χ4n) is 2.69. The number of benzene rings is 1. The van der Waals surface area contributed by atoms with E-state index in [2.05, 4.69) is 52.9 Å². The van der Waals surface area contributed by atoms with Crippen molar-refractivity contribution in [2.24, 2.45) is 0 Å². The van der Waals surface area contributed by atoms with E-state index in [-0.39, 0.29) is 0 Å². The average molecular weight is 272 g/mol. The Morgan fingerprint density at radius 1 is 1.32 bits per heavy atom. The molecule has 0 bridgehead atoms. The Labute approximate surface area is 118 Å². The minimum atomic E-state index is 0.524. The molecule has 3 rings (SSSR count). The Morgan fingerprint density at radius 2 is 2.11 bits per heavy atom. The quantitative estimate of drug-likeness (QED) is 0.896. The van der Waals surface area contributed by atoms with E-state index in [0.717, 1.165) is 12.5 Å². The van der Waals surface area contributed by atoms with Crippen LogP contribution in [0.1, 0.15) is 42.2 Å². The SMILES string of the molecule is CC(CNC1CC(c2ccccc2)C1)c1nccs1. The summed E-state index contributed by atoms with van der Waals surface area (Å²) in [6, 6.07) is 11.6. The standard InChI is InChI=1S/C16H20N2S/c1-12(16-17-7-8-19-16)11-18-15-9-14(10-15)13-5-3-2-4-6-13/h2-8,12,14-15,18H,9-11H2,1H3. The second-order valence-corrected chi connectivity index (χ2v) is 6.38. The fraction of sp³-hybridized carbons (Fsp3) is 0.438. The van der Waals surface area contributed by atoms with E-state index in [0.29, 0.717) is 12.0 Å². The van der Waals surface area contributed by atoms with Crippen LogP contribution in [0.3, 0.4) is 0 Å². The first-order valence-electron chi connectivity index (χ1n) is 7.00. The minimum Gasteiger partial charge on any atom is -0.313 e. The van der Waals surface area contributed by atoms with Gasteiger partial charge in [0.05, 0.1) is 5.01 Å². The Hall–Kier alpha value is -1.19. The molecule has 100 valence electrons. The largest absolute Gasteiger partial charge is 0.313 e. The molecule has 0 spiro atoms. The van der Waals surface area contributed by atoms with Gasteiger partial charge in [-0.1, -0.05) is 37.3 Å². The zero-order chi connectivity index (χ0) is 13.1. The molecule has 1 aliphatic carbocycles. The van der Waals surface area contributed by atoms with Crippen molar-refractivity contribution in [1.82, 2.24) is 10.3 Å². The molecule has 0 radical (unpaired) electrons. The van der Waals surface area contributed by atoms with Crippen LogP contribution < -0.4 is 5.32 Å². The van der Waals surface area contributed by atoms with Crippen LogP contribution in [0, 0.1) is 0 Å². The normalized spacial score (nSPS) is 23.8. The van der Waals surface area contributed by atoms with Crippen LogP contribution in [0.15, 0.2) is 41.9 Å². The van der Waals surface area contributed by atoms with Crippen molar-refractivity contribution >= 4 is 11.3 Å². The molecule has 1 N–H and O–H groups in total. The van der Waals surface area contributed by atoms with Gasteiger partial charge in [-0.3, -0.25) is 0 Å². The number of hydrogen-bond donors (Lipinski definition) is 1. The molecule has 0 amide bonds. The number of hydrogen-bond acceptors (Lipinski definition) is 3. The highest BCUT2D eigenvalue weighted by molar-refractivity contribution is 7.09. The van der Waals surface area contributed by atoms with Crippen molar-refractivity contribution in [3.05, 3.63) is 52.5 Å². The summed E-state index contributed by atoms with van der Waals surface area (Å²) in [5.41, 5.74) is 1.49. The summed E-state index contributed by atoms with van der Waals surface area (Å²) in [5.74, 6) is 1.28. The van der Waals surface area contributed by atoms with Gasteiger partial charge in [-0.05, 0) is 24.3 Å². The lowest BCUT2D eigenvalue weighted by molar-refractivity contribution is 0.287. The summed E-state index contributed by atoms with van der Waals surface area (Å²) in [6.45, 7) is 3.29. The molecule has 1 heterocycles. The molecule has 1 aromatic carbocycles. The van der Waals surface area contributed by atoms with Crippen molar-refractivity contribution < 1.29 is 0 Å². The van der Waals surface area contributed by atoms with Gasteiger partial charge in [-0.25, -0.2) is 4.98 Å². The van der Waals surface area contributed by atoms with Crippen LogP contribution in [-0.4, -0.2) is 17.6 Å². The summed E-state index contributed by atoms with van der Waals surface area (Å²) in [5, 5.41) is 6.97. The lowest BCUT2D eigenvalue weighted by atomic mass is 9.76. The van der Waals surface area contributed by atoms with E-state index in [1.807, 2.05) is 6.20 Å². The molecule has 1 fully saturated rings. The molecule has 1 atom stereocenters. The Balaban J connectivity index is 1.43. The first kappa shape index (κ1) is 12.8. The number of aromatic nitrogens is 1. The van der Waals surface area contributed by atoms with E-state index in [1.54, 1.807) is 11.3 Å². The third-order valence-corrected chi connectivity index (χ3v) is 5.00. The van der Waals surface area contributed by atoms with Crippen LogP contribution in [0.25, 0.3) is 0 Å². The van der Waals surface area contributed by atoms with E-state index in [9.17, 15) is 0 Å². The minimum absolute atomic E-state index is 0.524. The Kier molecular flexibility index (Phi) is 3.95. The summed E-state index contributed by atoms with van der Waals surface area (Å²) >= 11 is 1.75. The molecule has 1 saturated carbocycles. The van der Waals surface area contributed by atoms with Crippen molar-refractivity contribution in [2.75, 3.05) is 6.54 Å². The smallest absolute Gasteiger partial charge is 0.0965 e. The van der Waals surface area contributed by atoms with Gasteiger partial charge in [-0.15, -0.1) is 11.3 Å². The molecule has 2 nitrogen and oxygen atoms in total. The highest BCUT2D eigenvalue weighted by Crippen LogP contribution is 2.36. The lowest BCUT2D eigenvalue weighted by Gasteiger charge is -2.37. The molecule has 1 aliphatic rings. The molecule has 1 unspecified atom stereocenters. The van der Waals surface area contributed by atoms with Crippen molar-refractivity contribution in [1.29, 1.82) is 0 Å². The molecule has 1 aromatic heterocycles. The molecular formula is C16H20N2S. The second kappa shape index (κ2) is 5.85. The zero-order valence-electron chi connectivity index (χ0n) is 11.3. The van der Waals surface area contributed by atoms with Crippen LogP contribution in [0.4, 0.5) is 0 Å². The van der Waals surface area contributed by atoms with E-state index in [4.69, 9.17) is 0 Å². The summed E-state index contributed by atoms with van der Waals surface area (Å²) in [4.78, 5) is 4.38. The van der Waals surface area contributed by atoms with Crippen LogP contribution >= 0.6 is 11.3 Å². The molecule has 2 aromatic rings. The van der Waals surface area contributed by atoms with E-state index in [1.165, 1.54) is 23.4 Å². The Morgan fingerprint density at radius 3 is 2.79 bits per heavy atom. The van der Waals surface area contributed by atoms with Crippen molar-refractivity contribution in [3.8, 4) is 0 Å². The monoisotopic (exact) mass is 272 g/mol. The lowest BCUT2D eigenvalue weighted by Crippen LogP contribution is -2.41. The van der Waals surface area contributed by atoms with Crippen molar-refractivity contribution in [3.63, 3.8) is 0 Å². The van der Waals surface area contributed by atoms with Gasteiger partial charge >= 0.3 is 0 Å². The molecular weight excluding hydrogens is 252 g/mol. The van der Waals surface area contributed by atoms with Gasteiger partial charge in [0.1, 0.15) is 0 Å². The van der Waals surface area contributed by atoms with Gasteiger partial charge in [0.25, 0.3) is 0 Å². The highest BCUT2D eigenvalue weighted by atomic mass is 32.1. The van der Waals surface area contributed by atoms with Gasteiger partial charge in [0, 0.05) is 30.1 Å². The average Bonchev–Trinajstić information content (AvgIpc) is 2.92. The third-order valence-electron chi connectivity index (χ3n) is 3.99. The first-order chi connectivity index (χ1) is 9.33. The molecule has 19 heavy (non-hydrogen) atoms. The fourth-order valence-corrected chi connectivity index (χ4v) is 3.39. The Bertz CT molecular complexity index is 489. The molecule has 3 heteroatoms. The highest BCUT2D eigenvalue weighted by Gasteiger charge is 2.29. The maximum atomic E-state index is 4.38. The van der Waals surface area contributed by atoms with E-state index >= 15 is 0 Å². The van der Waals surface area contributed by atoms with Crippen LogP contribution in [0.5, 0.6) is 0 Å². The summed E-state index contributed by atoms with van der Waals surface area (Å²) in [6.07, 6.45) is 4.44. The maximum absolute atomic E-state index is 4.38. The van der Waals surface area contributed by atoms with Crippen molar-refractivity contribution in [2.45, 2.75) is 37.6 Å². The molecule has 0 aliphatic heterocycles. The molecule has 0 saturated heterocycles. The number of nitrogens with one attached hydrogen (secondary N) is 1. The summed E-state index contributed by atoms with van der Waals surface area (Å²) in [7, 11) is 0. The third kappa shape index (κ3) is 3.04. The zero-order valence-corrected chi connectivity index (χ0v) is 12.1. The van der Waals surface area contributed by atoms with Gasteiger partial charge < -0.3 is 5.32 Å². The predicted molar refractivity (Wildman–Crippen MR) is 80.7 cm³/mol. The second-order valence-electron chi connectivity index (χ2n) is 5.46. The predicted octanol–water partition coefficient (Wildman–Crippen LogP) is 3.78. The maximum Gasteiger partial charge on any atom is 0.0965 e. The van der Waals surface area contributed by atoms with Crippen LogP contribution in [0.2, 0.25) is 0 Å². The topological polar surface area (TPSA) is 24.9 Å². The van der Waals surface area contributed by atoms with Gasteiger partial charge in [0.15, 0.2) is 0 Å². The number of rotatable bonds is 5.